The van der Waals surface area contributed by atoms with Crippen molar-refractivity contribution in [1.82, 2.24) is 10.2 Å². The average Bonchev–Trinajstić information content (AvgIpc) is 2.92. The van der Waals surface area contributed by atoms with Crippen LogP contribution >= 0.6 is 0 Å². The molecule has 0 spiro atoms. The highest BCUT2D eigenvalue weighted by molar-refractivity contribution is 5.78. The summed E-state index contributed by atoms with van der Waals surface area (Å²) in [5.74, 6) is 0.686. The van der Waals surface area contributed by atoms with E-state index in [0.29, 0.717) is 26.2 Å². The molecule has 1 aromatic heterocycles. The lowest BCUT2D eigenvalue weighted by Crippen LogP contribution is -2.48. The van der Waals surface area contributed by atoms with Crippen molar-refractivity contribution < 1.29 is 19.1 Å². The lowest BCUT2D eigenvalue weighted by molar-refractivity contribution is -0.125. The molecule has 2 unspecified atom stereocenters. The number of hydrogen-bond acceptors (Lipinski definition) is 5. The largest absolute Gasteiger partial charge is 0.467 e. The second-order valence-electron chi connectivity index (χ2n) is 4.72. The molecule has 0 aromatic carbocycles. The molecule has 0 saturated carbocycles. The van der Waals surface area contributed by atoms with E-state index in [-0.39, 0.29) is 24.7 Å². The van der Waals surface area contributed by atoms with Crippen molar-refractivity contribution in [3.8, 4) is 0 Å². The van der Waals surface area contributed by atoms with Gasteiger partial charge in [0.15, 0.2) is 0 Å². The zero-order chi connectivity index (χ0) is 13.7. The summed E-state index contributed by atoms with van der Waals surface area (Å²) in [6.45, 7) is 4.02. The quantitative estimate of drug-likeness (QED) is 0.795. The zero-order valence-corrected chi connectivity index (χ0v) is 11.0. The van der Waals surface area contributed by atoms with Gasteiger partial charge in [-0.2, -0.15) is 0 Å². The molecule has 2 rings (SSSR count). The maximum Gasteiger partial charge on any atom is 0.234 e. The summed E-state index contributed by atoms with van der Waals surface area (Å²) in [6.07, 6.45) is 1.40. The molecule has 2 atom stereocenters. The molecular formula is C13H20N2O4. The molecule has 106 valence electrons. The predicted molar refractivity (Wildman–Crippen MR) is 68.5 cm³/mol. The Kier molecular flexibility index (Phi) is 4.95. The molecular weight excluding hydrogens is 248 g/mol. The van der Waals surface area contributed by atoms with E-state index in [4.69, 9.17) is 14.3 Å². The van der Waals surface area contributed by atoms with Crippen molar-refractivity contribution in [2.24, 2.45) is 0 Å². The topological polar surface area (TPSA) is 74.9 Å². The minimum absolute atomic E-state index is 0.0130. The number of amides is 1. The van der Waals surface area contributed by atoms with E-state index < -0.39 is 0 Å². The van der Waals surface area contributed by atoms with Gasteiger partial charge in [0.05, 0.1) is 38.2 Å². The van der Waals surface area contributed by atoms with Crippen molar-refractivity contribution in [3.63, 3.8) is 0 Å². The monoisotopic (exact) mass is 268 g/mol. The van der Waals surface area contributed by atoms with Crippen LogP contribution in [-0.4, -0.2) is 54.9 Å². The fourth-order valence-electron chi connectivity index (χ4n) is 2.13. The van der Waals surface area contributed by atoms with Crippen molar-refractivity contribution in [2.75, 3.05) is 32.8 Å². The number of nitrogens with zero attached hydrogens (tertiary/aromatic N) is 1. The number of hydrogen-bond donors (Lipinski definition) is 2. The number of morpholine rings is 1. The van der Waals surface area contributed by atoms with Gasteiger partial charge in [0, 0.05) is 13.1 Å². The Morgan fingerprint density at radius 1 is 1.68 bits per heavy atom. The highest BCUT2D eigenvalue weighted by atomic mass is 16.5. The lowest BCUT2D eigenvalue weighted by atomic mass is 10.2. The SMILES string of the molecule is CC(NC(=O)CN1CCOC(CO)C1)c1ccco1. The van der Waals surface area contributed by atoms with Crippen LogP contribution in [-0.2, 0) is 9.53 Å². The number of aliphatic hydroxyl groups excluding tert-OH is 1. The van der Waals surface area contributed by atoms with Gasteiger partial charge in [0.2, 0.25) is 5.91 Å². The minimum Gasteiger partial charge on any atom is -0.467 e. The van der Waals surface area contributed by atoms with Crippen LogP contribution in [0.15, 0.2) is 22.8 Å². The number of furan rings is 1. The Hall–Kier alpha value is -1.37. The number of nitrogens with one attached hydrogen (secondary N) is 1. The summed E-state index contributed by atoms with van der Waals surface area (Å²) in [6, 6.07) is 3.49. The first-order chi connectivity index (χ1) is 9.19. The molecule has 1 saturated heterocycles. The fourth-order valence-corrected chi connectivity index (χ4v) is 2.13. The number of carbonyl (C=O) groups is 1. The first kappa shape index (κ1) is 14.0. The number of aliphatic hydroxyl groups is 1. The summed E-state index contributed by atoms with van der Waals surface area (Å²) in [4.78, 5) is 13.9. The van der Waals surface area contributed by atoms with Gasteiger partial charge in [-0.1, -0.05) is 0 Å². The van der Waals surface area contributed by atoms with Crippen LogP contribution in [0.1, 0.15) is 18.7 Å². The second-order valence-corrected chi connectivity index (χ2v) is 4.72. The molecule has 6 heteroatoms. The van der Waals surface area contributed by atoms with Gasteiger partial charge in [-0.05, 0) is 19.1 Å². The second kappa shape index (κ2) is 6.70. The van der Waals surface area contributed by atoms with Crippen LogP contribution in [0.5, 0.6) is 0 Å². The molecule has 0 bridgehead atoms. The van der Waals surface area contributed by atoms with E-state index in [9.17, 15) is 4.79 Å². The van der Waals surface area contributed by atoms with Crippen LogP contribution in [0, 0.1) is 0 Å². The molecule has 19 heavy (non-hydrogen) atoms. The Balaban J connectivity index is 1.77. The normalized spacial score (nSPS) is 22.1. The highest BCUT2D eigenvalue weighted by Crippen LogP contribution is 2.12. The molecule has 2 heterocycles. The van der Waals surface area contributed by atoms with Crippen LogP contribution in [0.2, 0.25) is 0 Å². The van der Waals surface area contributed by atoms with Crippen molar-refractivity contribution in [3.05, 3.63) is 24.2 Å². The maximum absolute atomic E-state index is 11.9. The van der Waals surface area contributed by atoms with E-state index in [1.807, 2.05) is 17.9 Å². The van der Waals surface area contributed by atoms with Gasteiger partial charge in [0.1, 0.15) is 5.76 Å². The molecule has 1 aliphatic heterocycles. The van der Waals surface area contributed by atoms with Gasteiger partial charge < -0.3 is 19.6 Å². The Labute approximate surface area is 112 Å². The van der Waals surface area contributed by atoms with E-state index in [1.54, 1.807) is 12.3 Å². The number of ether oxygens (including phenoxy) is 1. The summed E-state index contributed by atoms with van der Waals surface area (Å²) < 4.78 is 10.6. The van der Waals surface area contributed by atoms with Gasteiger partial charge in [-0.25, -0.2) is 0 Å². The summed E-state index contributed by atoms with van der Waals surface area (Å²) in [5, 5.41) is 11.9. The van der Waals surface area contributed by atoms with Crippen LogP contribution in [0.4, 0.5) is 0 Å². The van der Waals surface area contributed by atoms with Gasteiger partial charge in [0.25, 0.3) is 0 Å². The number of rotatable bonds is 5. The lowest BCUT2D eigenvalue weighted by Gasteiger charge is -2.31. The van der Waals surface area contributed by atoms with E-state index in [0.717, 1.165) is 5.76 Å². The van der Waals surface area contributed by atoms with Gasteiger partial charge in [-0.3, -0.25) is 9.69 Å². The first-order valence-corrected chi connectivity index (χ1v) is 6.46. The third kappa shape index (κ3) is 4.05. The molecule has 0 aliphatic carbocycles. The highest BCUT2D eigenvalue weighted by Gasteiger charge is 2.22. The minimum atomic E-state index is -0.191. The third-order valence-electron chi connectivity index (χ3n) is 3.14. The molecule has 1 aromatic rings. The summed E-state index contributed by atoms with van der Waals surface area (Å²) in [7, 11) is 0. The van der Waals surface area contributed by atoms with E-state index in [1.165, 1.54) is 0 Å². The van der Waals surface area contributed by atoms with Crippen molar-refractivity contribution in [2.45, 2.75) is 19.1 Å². The van der Waals surface area contributed by atoms with Crippen molar-refractivity contribution in [1.29, 1.82) is 0 Å². The molecule has 1 aliphatic rings. The van der Waals surface area contributed by atoms with Crippen LogP contribution < -0.4 is 5.32 Å². The standard InChI is InChI=1S/C13H20N2O4/c1-10(12-3-2-5-19-12)14-13(17)8-15-4-6-18-11(7-15)9-16/h2-3,5,10-11,16H,4,6-9H2,1H3,(H,14,17). The van der Waals surface area contributed by atoms with E-state index in [2.05, 4.69) is 5.32 Å². The average molecular weight is 268 g/mol. The molecule has 6 nitrogen and oxygen atoms in total. The van der Waals surface area contributed by atoms with Crippen LogP contribution in [0.3, 0.4) is 0 Å². The third-order valence-corrected chi connectivity index (χ3v) is 3.14. The van der Waals surface area contributed by atoms with Gasteiger partial charge in [-0.15, -0.1) is 0 Å². The summed E-state index contributed by atoms with van der Waals surface area (Å²) >= 11 is 0. The molecule has 0 radical (unpaired) electrons. The fraction of sp³-hybridized carbons (Fsp3) is 0.615. The predicted octanol–water partition coefficient (Wildman–Crippen LogP) is 0.150. The van der Waals surface area contributed by atoms with Crippen molar-refractivity contribution >= 4 is 5.91 Å². The Morgan fingerprint density at radius 3 is 3.21 bits per heavy atom. The summed E-state index contributed by atoms with van der Waals surface area (Å²) in [5.41, 5.74) is 0. The number of carbonyl (C=O) groups excluding carboxylic acids is 1. The Bertz CT molecular complexity index is 393. The molecule has 1 fully saturated rings. The van der Waals surface area contributed by atoms with Crippen LogP contribution in [0.25, 0.3) is 0 Å². The Morgan fingerprint density at radius 2 is 2.53 bits per heavy atom. The smallest absolute Gasteiger partial charge is 0.234 e. The maximum atomic E-state index is 11.9. The molecule has 2 N–H and O–H groups in total. The van der Waals surface area contributed by atoms with Gasteiger partial charge >= 0.3 is 0 Å². The molecule has 1 amide bonds. The first-order valence-electron chi connectivity index (χ1n) is 6.46. The van der Waals surface area contributed by atoms with E-state index >= 15 is 0 Å². The zero-order valence-electron chi connectivity index (χ0n) is 11.0.